The molecule has 0 aliphatic carbocycles. The lowest BCUT2D eigenvalue weighted by atomic mass is 9.95. The molecule has 2 aliphatic heterocycles. The van der Waals surface area contributed by atoms with Gasteiger partial charge in [0, 0.05) is 12.8 Å². The highest BCUT2D eigenvalue weighted by Crippen LogP contribution is 2.30. The van der Waals surface area contributed by atoms with Gasteiger partial charge in [-0.3, -0.25) is 9.59 Å². The third kappa shape index (κ3) is 7.28. The maximum absolute atomic E-state index is 11.6. The number of carbonyl (C=O) groups excluding carboxylic acids is 2. The predicted molar refractivity (Wildman–Crippen MR) is 106 cm³/mol. The first-order chi connectivity index (χ1) is 15.6. The fourth-order valence-corrected chi connectivity index (χ4v) is 3.65. The molecule has 2 saturated heterocycles. The first-order valence-corrected chi connectivity index (χ1v) is 11.0. The van der Waals surface area contributed by atoms with Crippen molar-refractivity contribution in [1.29, 1.82) is 0 Å². The Kier molecular flexibility index (Phi) is 10.9. The molecule has 0 saturated carbocycles. The van der Waals surface area contributed by atoms with Gasteiger partial charge in [0.1, 0.15) is 36.6 Å². The van der Waals surface area contributed by atoms with Crippen LogP contribution in [0.2, 0.25) is 0 Å². The molecule has 2 rings (SSSR count). The molecule has 13 nitrogen and oxygen atoms in total. The standard InChI is InChI=1S/C20H34O13/c1-3-29-11(21)7-5-9-13(23)15(25)17(27)19(31-9)33-20-18(28)16(26)14(24)10(32-20)6-8-12(22)30-4-2/h9-10,13-20,23-28H,3-8H2,1-2H3/t9?,10?,13-,14-,15?,16?,17?,18?,19-,20-/m1/s1. The summed E-state index contributed by atoms with van der Waals surface area (Å²) in [5.41, 5.74) is 0. The Morgan fingerprint density at radius 2 is 1.00 bits per heavy atom. The number of ether oxygens (including phenoxy) is 5. The van der Waals surface area contributed by atoms with E-state index in [0.717, 1.165) is 0 Å². The highest BCUT2D eigenvalue weighted by Gasteiger charge is 2.49. The van der Waals surface area contributed by atoms with Gasteiger partial charge in [0.15, 0.2) is 12.6 Å². The Hall–Kier alpha value is -1.42. The van der Waals surface area contributed by atoms with Gasteiger partial charge in [0.2, 0.25) is 0 Å². The lowest BCUT2D eigenvalue weighted by molar-refractivity contribution is -0.374. The summed E-state index contributed by atoms with van der Waals surface area (Å²) < 4.78 is 26.0. The van der Waals surface area contributed by atoms with E-state index < -0.39 is 73.4 Å². The summed E-state index contributed by atoms with van der Waals surface area (Å²) in [5, 5.41) is 61.2. The normalized spacial score (nSPS) is 39.2. The topological polar surface area (TPSA) is 202 Å². The van der Waals surface area contributed by atoms with Crippen molar-refractivity contribution in [1.82, 2.24) is 0 Å². The molecule has 0 aromatic rings. The number of hydrogen-bond acceptors (Lipinski definition) is 13. The second-order valence-electron chi connectivity index (χ2n) is 7.85. The quantitative estimate of drug-likeness (QED) is 0.176. The van der Waals surface area contributed by atoms with Gasteiger partial charge in [-0.1, -0.05) is 0 Å². The van der Waals surface area contributed by atoms with E-state index in [1.807, 2.05) is 0 Å². The SMILES string of the molecule is CCOC(=O)CCC1O[C@H](O[C@H]2OC(CCC(=O)OCC)[C@@H](O)C(O)C2O)C(O)C(O)[C@@H]1O. The molecule has 0 aromatic heterocycles. The summed E-state index contributed by atoms with van der Waals surface area (Å²) in [7, 11) is 0. The van der Waals surface area contributed by atoms with E-state index in [-0.39, 0.29) is 38.9 Å². The van der Waals surface area contributed by atoms with Crippen LogP contribution in [0.1, 0.15) is 39.5 Å². The molecule has 0 radical (unpaired) electrons. The smallest absolute Gasteiger partial charge is 0.305 e. The predicted octanol–water partition coefficient (Wildman–Crippen LogP) is -2.70. The van der Waals surface area contributed by atoms with Crippen molar-refractivity contribution in [3.8, 4) is 0 Å². The van der Waals surface area contributed by atoms with Crippen molar-refractivity contribution in [3.63, 3.8) is 0 Å². The number of carbonyl (C=O) groups is 2. The number of aliphatic hydroxyl groups is 6. The molecule has 0 bridgehead atoms. The second kappa shape index (κ2) is 12.9. The van der Waals surface area contributed by atoms with E-state index in [9.17, 15) is 40.2 Å². The summed E-state index contributed by atoms with van der Waals surface area (Å²) in [6, 6.07) is 0. The molecule has 2 aliphatic rings. The van der Waals surface area contributed by atoms with Gasteiger partial charge in [0.25, 0.3) is 0 Å². The number of hydrogen-bond donors (Lipinski definition) is 6. The highest BCUT2D eigenvalue weighted by atomic mass is 16.8. The fourth-order valence-electron chi connectivity index (χ4n) is 3.65. The van der Waals surface area contributed by atoms with Gasteiger partial charge in [-0.05, 0) is 26.7 Å². The van der Waals surface area contributed by atoms with Crippen LogP contribution >= 0.6 is 0 Å². The lowest BCUT2D eigenvalue weighted by Crippen LogP contribution is -2.63. The Bertz CT molecular complexity index is 579. The fraction of sp³-hybridized carbons (Fsp3) is 0.900. The van der Waals surface area contributed by atoms with E-state index in [1.165, 1.54) is 0 Å². The van der Waals surface area contributed by atoms with Crippen molar-refractivity contribution >= 4 is 11.9 Å². The molecular weight excluding hydrogens is 448 g/mol. The maximum Gasteiger partial charge on any atom is 0.305 e. The highest BCUT2D eigenvalue weighted by molar-refractivity contribution is 5.69. The van der Waals surface area contributed by atoms with Crippen LogP contribution in [0.4, 0.5) is 0 Å². The van der Waals surface area contributed by atoms with Crippen molar-refractivity contribution in [2.75, 3.05) is 13.2 Å². The molecule has 0 spiro atoms. The minimum absolute atomic E-state index is 0.0543. The average molecular weight is 482 g/mol. The second-order valence-corrected chi connectivity index (χ2v) is 7.85. The lowest BCUT2D eigenvalue weighted by Gasteiger charge is -2.45. The Morgan fingerprint density at radius 3 is 1.33 bits per heavy atom. The van der Waals surface area contributed by atoms with Crippen LogP contribution < -0.4 is 0 Å². The third-order valence-corrected chi connectivity index (χ3v) is 5.48. The van der Waals surface area contributed by atoms with Gasteiger partial charge in [-0.25, -0.2) is 0 Å². The van der Waals surface area contributed by atoms with Crippen molar-refractivity contribution < 1.29 is 63.9 Å². The monoisotopic (exact) mass is 482 g/mol. The molecule has 2 fully saturated rings. The molecule has 10 atom stereocenters. The minimum atomic E-state index is -1.75. The van der Waals surface area contributed by atoms with Crippen molar-refractivity contribution in [2.24, 2.45) is 0 Å². The summed E-state index contributed by atoms with van der Waals surface area (Å²) in [4.78, 5) is 23.2. The molecule has 33 heavy (non-hydrogen) atoms. The zero-order chi connectivity index (χ0) is 24.7. The van der Waals surface area contributed by atoms with E-state index in [1.54, 1.807) is 13.8 Å². The van der Waals surface area contributed by atoms with Gasteiger partial charge in [-0.15, -0.1) is 0 Å². The molecule has 0 amide bonds. The van der Waals surface area contributed by atoms with Crippen LogP contribution in [0.5, 0.6) is 0 Å². The zero-order valence-corrected chi connectivity index (χ0v) is 18.6. The zero-order valence-electron chi connectivity index (χ0n) is 18.6. The van der Waals surface area contributed by atoms with Gasteiger partial charge in [0.05, 0.1) is 25.4 Å². The Morgan fingerprint density at radius 1 is 0.636 bits per heavy atom. The molecule has 6 N–H and O–H groups in total. The maximum atomic E-state index is 11.6. The van der Waals surface area contributed by atoms with Gasteiger partial charge < -0.3 is 54.3 Å². The largest absolute Gasteiger partial charge is 0.466 e. The summed E-state index contributed by atoms with van der Waals surface area (Å²) >= 11 is 0. The van der Waals surface area contributed by atoms with E-state index in [4.69, 9.17) is 23.7 Å². The third-order valence-electron chi connectivity index (χ3n) is 5.48. The Labute approximate surface area is 190 Å². The van der Waals surface area contributed by atoms with E-state index in [2.05, 4.69) is 0 Å². The van der Waals surface area contributed by atoms with Gasteiger partial charge in [-0.2, -0.15) is 0 Å². The number of rotatable bonds is 10. The first-order valence-electron chi connectivity index (χ1n) is 11.0. The van der Waals surface area contributed by atoms with Crippen molar-refractivity contribution in [3.05, 3.63) is 0 Å². The van der Waals surface area contributed by atoms with Crippen LogP contribution in [-0.4, -0.2) is 117 Å². The average Bonchev–Trinajstić information content (AvgIpc) is 2.78. The number of aliphatic hydroxyl groups excluding tert-OH is 6. The molecule has 192 valence electrons. The minimum Gasteiger partial charge on any atom is -0.466 e. The molecule has 0 aromatic carbocycles. The van der Waals surface area contributed by atoms with Crippen LogP contribution in [0, 0.1) is 0 Å². The van der Waals surface area contributed by atoms with Crippen LogP contribution in [0.15, 0.2) is 0 Å². The van der Waals surface area contributed by atoms with Crippen LogP contribution in [0.3, 0.4) is 0 Å². The molecular formula is C20H34O13. The van der Waals surface area contributed by atoms with Gasteiger partial charge >= 0.3 is 11.9 Å². The number of esters is 2. The first kappa shape index (κ1) is 27.8. The summed E-state index contributed by atoms with van der Waals surface area (Å²) in [6.45, 7) is 3.61. The molecule has 13 heteroatoms. The van der Waals surface area contributed by atoms with Crippen LogP contribution in [0.25, 0.3) is 0 Å². The molecule has 6 unspecified atom stereocenters. The molecule has 2 heterocycles. The van der Waals surface area contributed by atoms with Crippen LogP contribution in [-0.2, 0) is 33.3 Å². The summed E-state index contributed by atoms with van der Waals surface area (Å²) in [6.07, 6.45) is -15.8. The van der Waals surface area contributed by atoms with E-state index in [0.29, 0.717) is 0 Å². The van der Waals surface area contributed by atoms with E-state index >= 15 is 0 Å². The van der Waals surface area contributed by atoms with Crippen molar-refractivity contribution in [2.45, 2.75) is 101 Å². The Balaban J connectivity index is 2.03. The summed E-state index contributed by atoms with van der Waals surface area (Å²) in [5.74, 6) is -1.09.